The van der Waals surface area contributed by atoms with Crippen molar-refractivity contribution in [1.29, 1.82) is 0 Å². The van der Waals surface area contributed by atoms with Crippen LogP contribution in [0, 0.1) is 0 Å². The van der Waals surface area contributed by atoms with Gasteiger partial charge >= 0.3 is 0 Å². The second kappa shape index (κ2) is 8.34. The fraction of sp³-hybridized carbons (Fsp3) is 0.227. The average molecular weight is 455 g/mol. The molecule has 7 nitrogen and oxygen atoms in total. The fourth-order valence-electron chi connectivity index (χ4n) is 3.72. The van der Waals surface area contributed by atoms with Crippen molar-refractivity contribution in [2.24, 2.45) is 0 Å². The minimum Gasteiger partial charge on any atom is -0.383 e. The van der Waals surface area contributed by atoms with Gasteiger partial charge in [-0.25, -0.2) is 9.67 Å². The summed E-state index contributed by atoms with van der Waals surface area (Å²) in [5.74, 6) is 0.914. The Balaban J connectivity index is 1.63. The second-order valence-electron chi connectivity index (χ2n) is 7.39. The van der Waals surface area contributed by atoms with Crippen molar-refractivity contribution in [3.63, 3.8) is 0 Å². The highest BCUT2D eigenvalue weighted by Crippen LogP contribution is 2.34. The molecule has 31 heavy (non-hydrogen) atoms. The molecular formula is C22H20Cl2N6O. The third kappa shape index (κ3) is 4.04. The van der Waals surface area contributed by atoms with Crippen LogP contribution in [0.3, 0.4) is 0 Å². The largest absolute Gasteiger partial charge is 0.383 e. The number of fused-ring (bicyclic) bond motifs is 1. The fourth-order valence-corrected chi connectivity index (χ4v) is 4.04. The van der Waals surface area contributed by atoms with E-state index in [2.05, 4.69) is 15.4 Å². The maximum absolute atomic E-state index is 6.52. The molecule has 5 rings (SSSR count). The maximum Gasteiger partial charge on any atom is 0.225 e. The standard InChI is InChI=1S/C22H20Cl2N6O/c23-14-6-8-16(9-7-14)30-20(25)18-19(13-3-1-4-15(24)11-13)27-22(28-21(18)29-30)26-12-17-5-2-10-31-17/h1,3-4,6-9,11,17H,2,5,10,12,25H2,(H,26,28,29). The Labute approximate surface area is 189 Å². The van der Waals surface area contributed by atoms with Gasteiger partial charge in [0.1, 0.15) is 5.82 Å². The van der Waals surface area contributed by atoms with Gasteiger partial charge in [-0.05, 0) is 49.2 Å². The normalized spacial score (nSPS) is 16.1. The van der Waals surface area contributed by atoms with Crippen LogP contribution >= 0.6 is 23.2 Å². The number of aromatic nitrogens is 4. The molecule has 1 saturated heterocycles. The van der Waals surface area contributed by atoms with Crippen LogP contribution < -0.4 is 11.1 Å². The van der Waals surface area contributed by atoms with E-state index >= 15 is 0 Å². The summed E-state index contributed by atoms with van der Waals surface area (Å²) in [6.07, 6.45) is 2.25. The van der Waals surface area contributed by atoms with Crippen LogP contribution in [0.1, 0.15) is 12.8 Å². The van der Waals surface area contributed by atoms with Crippen LogP contribution in [0.2, 0.25) is 10.0 Å². The van der Waals surface area contributed by atoms with E-state index in [0.717, 1.165) is 30.7 Å². The zero-order chi connectivity index (χ0) is 21.4. The van der Waals surface area contributed by atoms with Crippen LogP contribution in [-0.2, 0) is 4.74 Å². The lowest BCUT2D eigenvalue weighted by molar-refractivity contribution is 0.120. The van der Waals surface area contributed by atoms with Crippen molar-refractivity contribution in [1.82, 2.24) is 19.7 Å². The number of hydrogen-bond acceptors (Lipinski definition) is 6. The molecule has 0 spiro atoms. The molecule has 0 saturated carbocycles. The number of anilines is 2. The van der Waals surface area contributed by atoms with Crippen LogP contribution in [-0.4, -0.2) is 39.0 Å². The van der Waals surface area contributed by atoms with E-state index in [0.29, 0.717) is 45.1 Å². The molecule has 3 N–H and O–H groups in total. The topological polar surface area (TPSA) is 90.9 Å². The van der Waals surface area contributed by atoms with Gasteiger partial charge in [-0.3, -0.25) is 0 Å². The molecule has 1 aliphatic heterocycles. The number of rotatable bonds is 5. The van der Waals surface area contributed by atoms with Crippen molar-refractivity contribution in [3.05, 3.63) is 58.6 Å². The lowest BCUT2D eigenvalue weighted by Gasteiger charge is -2.12. The number of nitrogens with zero attached hydrogens (tertiary/aromatic N) is 4. The lowest BCUT2D eigenvalue weighted by Crippen LogP contribution is -2.19. The number of nitrogen functional groups attached to an aromatic ring is 1. The summed E-state index contributed by atoms with van der Waals surface area (Å²) in [5.41, 5.74) is 9.30. The van der Waals surface area contributed by atoms with Crippen LogP contribution in [0.25, 0.3) is 28.0 Å². The molecule has 0 bridgehead atoms. The van der Waals surface area contributed by atoms with E-state index in [4.69, 9.17) is 38.7 Å². The molecular weight excluding hydrogens is 435 g/mol. The second-order valence-corrected chi connectivity index (χ2v) is 8.27. The number of benzene rings is 2. The zero-order valence-electron chi connectivity index (χ0n) is 16.6. The predicted molar refractivity (Wildman–Crippen MR) is 124 cm³/mol. The van der Waals surface area contributed by atoms with Gasteiger partial charge in [0.25, 0.3) is 0 Å². The van der Waals surface area contributed by atoms with Gasteiger partial charge in [-0.1, -0.05) is 35.3 Å². The molecule has 158 valence electrons. The van der Waals surface area contributed by atoms with Crippen LogP contribution in [0.15, 0.2) is 48.5 Å². The molecule has 3 heterocycles. The summed E-state index contributed by atoms with van der Waals surface area (Å²) in [4.78, 5) is 9.38. The van der Waals surface area contributed by atoms with Crippen molar-refractivity contribution < 1.29 is 4.74 Å². The first-order chi connectivity index (χ1) is 15.1. The number of nitrogens with two attached hydrogens (primary N) is 1. The van der Waals surface area contributed by atoms with Crippen molar-refractivity contribution in [2.75, 3.05) is 24.2 Å². The first kappa shape index (κ1) is 20.1. The predicted octanol–water partition coefficient (Wildman–Crippen LogP) is 4.96. The van der Waals surface area contributed by atoms with E-state index in [1.807, 2.05) is 36.4 Å². The summed E-state index contributed by atoms with van der Waals surface area (Å²) in [6.45, 7) is 1.43. The molecule has 0 amide bonds. The Hall–Kier alpha value is -2.87. The van der Waals surface area contributed by atoms with E-state index < -0.39 is 0 Å². The molecule has 9 heteroatoms. The third-order valence-corrected chi connectivity index (χ3v) is 5.74. The third-order valence-electron chi connectivity index (χ3n) is 5.25. The summed E-state index contributed by atoms with van der Waals surface area (Å²) >= 11 is 12.3. The number of halogens is 2. The molecule has 1 unspecified atom stereocenters. The first-order valence-electron chi connectivity index (χ1n) is 10.0. The van der Waals surface area contributed by atoms with Gasteiger partial charge in [-0.15, -0.1) is 5.10 Å². The Morgan fingerprint density at radius 1 is 1.10 bits per heavy atom. The van der Waals surface area contributed by atoms with Crippen LogP contribution in [0.5, 0.6) is 0 Å². The van der Waals surface area contributed by atoms with Crippen molar-refractivity contribution in [2.45, 2.75) is 18.9 Å². The monoisotopic (exact) mass is 454 g/mol. The first-order valence-corrected chi connectivity index (χ1v) is 10.8. The Bertz CT molecular complexity index is 1230. The van der Waals surface area contributed by atoms with Gasteiger partial charge < -0.3 is 15.8 Å². The summed E-state index contributed by atoms with van der Waals surface area (Å²) in [7, 11) is 0. The molecule has 2 aromatic heterocycles. The number of nitrogens with one attached hydrogen (secondary N) is 1. The molecule has 4 aromatic rings. The number of hydrogen-bond donors (Lipinski definition) is 2. The number of ether oxygens (including phenoxy) is 1. The Kier molecular flexibility index (Phi) is 5.40. The van der Waals surface area contributed by atoms with Gasteiger partial charge in [0.2, 0.25) is 5.95 Å². The van der Waals surface area contributed by atoms with Gasteiger partial charge in [0, 0.05) is 28.8 Å². The Morgan fingerprint density at radius 3 is 2.68 bits per heavy atom. The average Bonchev–Trinajstić information content (AvgIpc) is 3.40. The van der Waals surface area contributed by atoms with E-state index in [9.17, 15) is 0 Å². The minimum atomic E-state index is 0.158. The summed E-state index contributed by atoms with van der Waals surface area (Å²) in [6, 6.07) is 14.8. The SMILES string of the molecule is Nc1c2c(-c3cccc(Cl)c3)nc(NCC3CCCO3)nc2nn1-c1ccc(Cl)cc1. The molecule has 1 atom stereocenters. The molecule has 1 fully saturated rings. The molecule has 1 aliphatic rings. The van der Waals surface area contributed by atoms with E-state index in [1.165, 1.54) is 0 Å². The molecule has 2 aromatic carbocycles. The molecule has 0 radical (unpaired) electrons. The zero-order valence-corrected chi connectivity index (χ0v) is 18.1. The lowest BCUT2D eigenvalue weighted by atomic mass is 10.1. The highest BCUT2D eigenvalue weighted by atomic mass is 35.5. The van der Waals surface area contributed by atoms with Crippen LogP contribution in [0.4, 0.5) is 11.8 Å². The highest BCUT2D eigenvalue weighted by Gasteiger charge is 2.21. The summed E-state index contributed by atoms with van der Waals surface area (Å²) in [5, 5.41) is 9.86. The van der Waals surface area contributed by atoms with E-state index in [-0.39, 0.29) is 6.10 Å². The minimum absolute atomic E-state index is 0.158. The van der Waals surface area contributed by atoms with Gasteiger partial charge in [-0.2, -0.15) is 4.98 Å². The van der Waals surface area contributed by atoms with Crippen molar-refractivity contribution in [3.8, 4) is 16.9 Å². The van der Waals surface area contributed by atoms with Gasteiger partial charge in [0.05, 0.1) is 22.9 Å². The highest BCUT2D eigenvalue weighted by molar-refractivity contribution is 6.31. The molecule has 0 aliphatic carbocycles. The smallest absolute Gasteiger partial charge is 0.225 e. The summed E-state index contributed by atoms with van der Waals surface area (Å²) < 4.78 is 7.34. The Morgan fingerprint density at radius 2 is 1.94 bits per heavy atom. The van der Waals surface area contributed by atoms with Gasteiger partial charge in [0.15, 0.2) is 5.65 Å². The van der Waals surface area contributed by atoms with E-state index in [1.54, 1.807) is 16.8 Å². The van der Waals surface area contributed by atoms with Crippen molar-refractivity contribution >= 4 is 46.0 Å². The quantitative estimate of drug-likeness (QED) is 0.442. The maximum atomic E-state index is 6.52.